The van der Waals surface area contributed by atoms with E-state index >= 15 is 0 Å². The second-order valence-corrected chi connectivity index (χ2v) is 8.91. The molecule has 6 nitrogen and oxygen atoms in total. The van der Waals surface area contributed by atoms with Crippen LogP contribution in [0, 0.1) is 6.92 Å². The van der Waals surface area contributed by atoms with Gasteiger partial charge in [-0.05, 0) is 35.7 Å². The Balaban J connectivity index is 1.26. The molecule has 2 heterocycles. The normalized spacial score (nSPS) is 11.0. The summed E-state index contributed by atoms with van der Waals surface area (Å²) in [5.41, 5.74) is 7.06. The number of amides is 1. The Labute approximate surface area is 202 Å². The average molecular weight is 466 g/mol. The summed E-state index contributed by atoms with van der Waals surface area (Å²) in [6, 6.07) is 30.5. The monoisotopic (exact) mass is 465 g/mol. The van der Waals surface area contributed by atoms with E-state index in [4.69, 9.17) is 5.10 Å². The second-order valence-electron chi connectivity index (χ2n) is 7.97. The molecule has 0 aliphatic heterocycles. The fourth-order valence-electron chi connectivity index (χ4n) is 3.56. The lowest BCUT2D eigenvalue weighted by molar-refractivity contribution is -0.118. The van der Waals surface area contributed by atoms with E-state index in [2.05, 4.69) is 51.9 Å². The van der Waals surface area contributed by atoms with Crippen molar-refractivity contribution in [3.8, 4) is 22.4 Å². The van der Waals surface area contributed by atoms with E-state index in [1.807, 2.05) is 61.5 Å². The van der Waals surface area contributed by atoms with E-state index < -0.39 is 0 Å². The molecule has 5 rings (SSSR count). The Morgan fingerprint density at radius 3 is 2.29 bits per heavy atom. The van der Waals surface area contributed by atoms with Crippen LogP contribution >= 0.6 is 11.8 Å². The summed E-state index contributed by atoms with van der Waals surface area (Å²) in [4.78, 5) is 12.3. The molecule has 0 unspecified atom stereocenters. The molecule has 0 bridgehead atoms. The van der Waals surface area contributed by atoms with Crippen molar-refractivity contribution in [2.45, 2.75) is 18.6 Å². The molecule has 0 spiro atoms. The number of nitrogens with one attached hydrogen (secondary N) is 1. The third kappa shape index (κ3) is 5.00. The van der Waals surface area contributed by atoms with Gasteiger partial charge in [0.05, 0.1) is 11.4 Å². The first kappa shape index (κ1) is 21.9. The zero-order valence-electron chi connectivity index (χ0n) is 18.7. The van der Waals surface area contributed by atoms with Gasteiger partial charge in [0.25, 0.3) is 0 Å². The van der Waals surface area contributed by atoms with Crippen LogP contribution in [0.1, 0.15) is 11.1 Å². The van der Waals surface area contributed by atoms with Gasteiger partial charge in [0.2, 0.25) is 11.1 Å². The van der Waals surface area contributed by atoms with Crippen LogP contribution in [0.25, 0.3) is 28.0 Å². The first-order valence-electron chi connectivity index (χ1n) is 11.0. The predicted octanol–water partition coefficient (Wildman–Crippen LogP) is 5.18. The van der Waals surface area contributed by atoms with Crippen LogP contribution in [0.2, 0.25) is 0 Å². The molecule has 0 atom stereocenters. The molecule has 0 radical (unpaired) electrons. The number of benzene rings is 3. The Hall–Kier alpha value is -3.97. The summed E-state index contributed by atoms with van der Waals surface area (Å²) >= 11 is 1.32. The zero-order chi connectivity index (χ0) is 23.3. The van der Waals surface area contributed by atoms with Crippen molar-refractivity contribution in [1.29, 1.82) is 0 Å². The number of hydrogen-bond acceptors (Lipinski definition) is 5. The third-order valence-corrected chi connectivity index (χ3v) is 6.38. The summed E-state index contributed by atoms with van der Waals surface area (Å²) in [5, 5.41) is 16.7. The van der Waals surface area contributed by atoms with E-state index in [1.54, 1.807) is 4.52 Å². The van der Waals surface area contributed by atoms with Gasteiger partial charge in [0, 0.05) is 12.1 Å². The molecular formula is C27H23N5OS. The fraction of sp³-hybridized carbons (Fsp3) is 0.111. The Kier molecular flexibility index (Phi) is 6.35. The topological polar surface area (TPSA) is 72.2 Å². The lowest BCUT2D eigenvalue weighted by Crippen LogP contribution is -2.24. The largest absolute Gasteiger partial charge is 0.351 e. The quantitative estimate of drug-likeness (QED) is 0.336. The minimum absolute atomic E-state index is 0.0602. The molecule has 168 valence electrons. The summed E-state index contributed by atoms with van der Waals surface area (Å²) < 4.78 is 1.69. The molecule has 5 aromatic rings. The van der Waals surface area contributed by atoms with E-state index in [1.165, 1.54) is 22.9 Å². The number of rotatable bonds is 7. The molecule has 0 fully saturated rings. The number of aryl methyl sites for hydroxylation is 1. The van der Waals surface area contributed by atoms with Crippen LogP contribution < -0.4 is 5.32 Å². The molecule has 1 amide bonds. The highest BCUT2D eigenvalue weighted by molar-refractivity contribution is 7.99. The molecule has 0 saturated carbocycles. The zero-order valence-corrected chi connectivity index (χ0v) is 19.5. The SMILES string of the molecule is Cc1ccc(CNC(=O)CSc2nnc3ccc(-c4ccc(-c5ccccc5)cc4)nn23)cc1. The second kappa shape index (κ2) is 9.89. The van der Waals surface area contributed by atoms with E-state index in [9.17, 15) is 4.79 Å². The van der Waals surface area contributed by atoms with E-state index in [0.29, 0.717) is 17.3 Å². The smallest absolute Gasteiger partial charge is 0.230 e. The van der Waals surface area contributed by atoms with Crippen LogP contribution in [0.5, 0.6) is 0 Å². The number of carbonyl (C=O) groups is 1. The van der Waals surface area contributed by atoms with Gasteiger partial charge < -0.3 is 5.32 Å². The summed E-state index contributed by atoms with van der Waals surface area (Å²) in [6.45, 7) is 2.54. The summed E-state index contributed by atoms with van der Waals surface area (Å²) in [5.74, 6) is 0.180. The molecule has 0 aliphatic rings. The lowest BCUT2D eigenvalue weighted by atomic mass is 10.0. The average Bonchev–Trinajstić information content (AvgIpc) is 3.30. The van der Waals surface area contributed by atoms with E-state index in [0.717, 1.165) is 22.4 Å². The Morgan fingerprint density at radius 1 is 0.824 bits per heavy atom. The number of fused-ring (bicyclic) bond motifs is 1. The summed E-state index contributed by atoms with van der Waals surface area (Å²) in [7, 11) is 0. The van der Waals surface area contributed by atoms with Crippen LogP contribution in [-0.4, -0.2) is 31.5 Å². The van der Waals surface area contributed by atoms with Crippen molar-refractivity contribution in [3.63, 3.8) is 0 Å². The van der Waals surface area contributed by atoms with Gasteiger partial charge in [-0.1, -0.05) is 96.2 Å². The Morgan fingerprint density at radius 2 is 1.53 bits per heavy atom. The number of nitrogens with zero attached hydrogens (tertiary/aromatic N) is 4. The minimum atomic E-state index is -0.0602. The van der Waals surface area contributed by atoms with Crippen LogP contribution in [0.15, 0.2) is 96.2 Å². The molecule has 0 saturated heterocycles. The minimum Gasteiger partial charge on any atom is -0.351 e. The van der Waals surface area contributed by atoms with Crippen molar-refractivity contribution in [2.24, 2.45) is 0 Å². The predicted molar refractivity (Wildman–Crippen MR) is 135 cm³/mol. The number of thioether (sulfide) groups is 1. The molecule has 2 aromatic heterocycles. The van der Waals surface area contributed by atoms with Crippen LogP contribution in [0.3, 0.4) is 0 Å². The van der Waals surface area contributed by atoms with Gasteiger partial charge in [-0.15, -0.1) is 10.2 Å². The van der Waals surface area contributed by atoms with Gasteiger partial charge >= 0.3 is 0 Å². The van der Waals surface area contributed by atoms with Crippen LogP contribution in [-0.2, 0) is 11.3 Å². The standard InChI is InChI=1S/C27H23N5OS/c1-19-7-9-20(10-8-19)17-28-26(33)18-34-27-30-29-25-16-15-24(31-32(25)27)23-13-11-22(12-14-23)21-5-3-2-4-6-21/h2-16H,17-18H2,1H3,(H,28,33). The fourth-order valence-corrected chi connectivity index (χ4v) is 4.28. The molecular weight excluding hydrogens is 442 g/mol. The first-order valence-corrected chi connectivity index (χ1v) is 12.0. The van der Waals surface area contributed by atoms with Crippen LogP contribution in [0.4, 0.5) is 0 Å². The molecule has 3 aromatic carbocycles. The third-order valence-electron chi connectivity index (χ3n) is 5.46. The maximum Gasteiger partial charge on any atom is 0.230 e. The summed E-state index contributed by atoms with van der Waals surface area (Å²) in [6.07, 6.45) is 0. The Bertz CT molecular complexity index is 1410. The van der Waals surface area contributed by atoms with Gasteiger partial charge in [0.15, 0.2) is 5.65 Å². The molecule has 1 N–H and O–H groups in total. The molecule has 0 aliphatic carbocycles. The highest BCUT2D eigenvalue weighted by atomic mass is 32.2. The van der Waals surface area contributed by atoms with Crippen molar-refractivity contribution in [3.05, 3.63) is 102 Å². The number of hydrogen-bond donors (Lipinski definition) is 1. The first-order chi connectivity index (χ1) is 16.7. The van der Waals surface area contributed by atoms with Gasteiger partial charge in [-0.2, -0.15) is 9.61 Å². The highest BCUT2D eigenvalue weighted by Crippen LogP contribution is 2.25. The highest BCUT2D eigenvalue weighted by Gasteiger charge is 2.12. The van der Waals surface area contributed by atoms with Gasteiger partial charge in [-0.25, -0.2) is 0 Å². The molecule has 7 heteroatoms. The van der Waals surface area contributed by atoms with Gasteiger partial charge in [0.1, 0.15) is 0 Å². The number of aromatic nitrogens is 4. The van der Waals surface area contributed by atoms with E-state index in [-0.39, 0.29) is 11.7 Å². The van der Waals surface area contributed by atoms with Crippen molar-refractivity contribution in [1.82, 2.24) is 25.1 Å². The maximum atomic E-state index is 12.3. The molecule has 34 heavy (non-hydrogen) atoms. The van der Waals surface area contributed by atoms with Crippen molar-refractivity contribution in [2.75, 3.05) is 5.75 Å². The number of carbonyl (C=O) groups excluding carboxylic acids is 1. The van der Waals surface area contributed by atoms with Crippen molar-refractivity contribution >= 4 is 23.3 Å². The lowest BCUT2D eigenvalue weighted by Gasteiger charge is -2.06. The van der Waals surface area contributed by atoms with Gasteiger partial charge in [-0.3, -0.25) is 4.79 Å². The maximum absolute atomic E-state index is 12.3. The van der Waals surface area contributed by atoms with Crippen molar-refractivity contribution < 1.29 is 4.79 Å².